The lowest BCUT2D eigenvalue weighted by molar-refractivity contribution is 0.0527. The summed E-state index contributed by atoms with van der Waals surface area (Å²) in [6, 6.07) is 3.29. The quantitative estimate of drug-likeness (QED) is 0.807. The summed E-state index contributed by atoms with van der Waals surface area (Å²) < 4.78 is 10.5. The molecule has 2 heterocycles. The van der Waals surface area contributed by atoms with Gasteiger partial charge in [-0.2, -0.15) is 0 Å². The van der Waals surface area contributed by atoms with Crippen LogP contribution >= 0.6 is 11.3 Å². The number of hydrogen-bond acceptors (Lipinski definition) is 6. The highest BCUT2D eigenvalue weighted by atomic mass is 32.1. The maximum Gasteiger partial charge on any atom is 0.341 e. The van der Waals surface area contributed by atoms with E-state index in [0.29, 0.717) is 22.7 Å². The van der Waals surface area contributed by atoms with Gasteiger partial charge in [-0.05, 0) is 45.4 Å². The Morgan fingerprint density at radius 2 is 2.00 bits per heavy atom. The van der Waals surface area contributed by atoms with Crippen molar-refractivity contribution in [3.8, 4) is 5.88 Å². The molecule has 1 N–H and O–H groups in total. The van der Waals surface area contributed by atoms with Crippen LogP contribution in [0.1, 0.15) is 45.0 Å². The number of nitrogens with zero attached hydrogens (tertiary/aromatic N) is 1. The summed E-state index contributed by atoms with van der Waals surface area (Å²) in [4.78, 5) is 29.8. The summed E-state index contributed by atoms with van der Waals surface area (Å²) in [5, 5.41) is 3.26. The molecule has 0 atom stereocenters. The maximum atomic E-state index is 12.6. The first-order chi connectivity index (χ1) is 11.5. The van der Waals surface area contributed by atoms with Gasteiger partial charge in [-0.1, -0.05) is 0 Å². The van der Waals surface area contributed by atoms with Crippen LogP contribution in [0.2, 0.25) is 0 Å². The lowest BCUT2D eigenvalue weighted by Crippen LogP contribution is -2.16. The first-order valence-electron chi connectivity index (χ1n) is 7.65. The third-order valence-electron chi connectivity index (χ3n) is 3.39. The maximum absolute atomic E-state index is 12.6. The van der Waals surface area contributed by atoms with E-state index < -0.39 is 5.97 Å². The Balaban J connectivity index is 2.33. The topological polar surface area (TPSA) is 77.5 Å². The van der Waals surface area contributed by atoms with E-state index in [-0.39, 0.29) is 18.4 Å². The summed E-state index contributed by atoms with van der Waals surface area (Å²) in [5.74, 6) is -0.551. The zero-order chi connectivity index (χ0) is 17.7. The normalized spacial score (nSPS) is 10.3. The van der Waals surface area contributed by atoms with Crippen molar-refractivity contribution in [2.75, 3.05) is 18.5 Å². The molecule has 0 aliphatic carbocycles. The summed E-state index contributed by atoms with van der Waals surface area (Å²) >= 11 is 1.34. The summed E-state index contributed by atoms with van der Waals surface area (Å²) in [7, 11) is 0. The molecule has 0 spiro atoms. The van der Waals surface area contributed by atoms with Gasteiger partial charge in [0.25, 0.3) is 5.91 Å². The Morgan fingerprint density at radius 3 is 2.67 bits per heavy atom. The van der Waals surface area contributed by atoms with E-state index in [1.54, 1.807) is 25.3 Å². The van der Waals surface area contributed by atoms with Crippen molar-refractivity contribution in [2.45, 2.75) is 27.7 Å². The molecule has 1 amide bonds. The number of aromatic nitrogens is 1. The fourth-order valence-electron chi connectivity index (χ4n) is 2.15. The molecule has 0 unspecified atom stereocenters. The van der Waals surface area contributed by atoms with Gasteiger partial charge in [0.15, 0.2) is 0 Å². The number of ether oxygens (including phenoxy) is 2. The van der Waals surface area contributed by atoms with Gasteiger partial charge in [-0.3, -0.25) is 4.79 Å². The van der Waals surface area contributed by atoms with Crippen molar-refractivity contribution in [2.24, 2.45) is 0 Å². The van der Waals surface area contributed by atoms with E-state index in [1.807, 2.05) is 20.8 Å². The van der Waals surface area contributed by atoms with Gasteiger partial charge in [0.1, 0.15) is 10.6 Å². The summed E-state index contributed by atoms with van der Waals surface area (Å²) in [6.45, 7) is 7.98. The molecule has 0 aliphatic heterocycles. The molecular formula is C17H20N2O4S. The number of anilines is 1. The fraction of sp³-hybridized carbons (Fsp3) is 0.353. The van der Waals surface area contributed by atoms with Crippen LogP contribution in [-0.2, 0) is 4.74 Å². The van der Waals surface area contributed by atoms with Crippen LogP contribution in [0.5, 0.6) is 5.88 Å². The summed E-state index contributed by atoms with van der Waals surface area (Å²) in [6.07, 6.45) is 1.56. The average Bonchev–Trinajstić information content (AvgIpc) is 2.82. The number of pyridine rings is 1. The highest BCUT2D eigenvalue weighted by molar-refractivity contribution is 7.16. The predicted octanol–water partition coefficient (Wildman–Crippen LogP) is 3.59. The average molecular weight is 348 g/mol. The number of carbonyl (C=O) groups excluding carboxylic acids is 2. The van der Waals surface area contributed by atoms with E-state index in [0.717, 1.165) is 10.4 Å². The van der Waals surface area contributed by atoms with Gasteiger partial charge >= 0.3 is 5.97 Å². The molecule has 0 saturated carbocycles. The van der Waals surface area contributed by atoms with Crippen molar-refractivity contribution in [3.05, 3.63) is 39.9 Å². The standard InChI is InChI=1S/C17H20N2O4S/c1-5-22-15-12(8-7-9-18-15)14(20)19-16-13(17(21)23-6-2)10(3)11(4)24-16/h7-9H,5-6H2,1-4H3,(H,19,20). The summed E-state index contributed by atoms with van der Waals surface area (Å²) in [5.41, 5.74) is 1.53. The molecule has 0 bridgehead atoms. The van der Waals surface area contributed by atoms with Crippen LogP contribution in [0.25, 0.3) is 0 Å². The molecule has 2 aromatic heterocycles. The third-order valence-corrected chi connectivity index (χ3v) is 4.51. The van der Waals surface area contributed by atoms with Crippen molar-refractivity contribution < 1.29 is 19.1 Å². The molecule has 0 saturated heterocycles. The van der Waals surface area contributed by atoms with E-state index in [9.17, 15) is 9.59 Å². The minimum atomic E-state index is -0.439. The molecule has 128 valence electrons. The van der Waals surface area contributed by atoms with E-state index >= 15 is 0 Å². The van der Waals surface area contributed by atoms with Crippen molar-refractivity contribution in [1.82, 2.24) is 4.98 Å². The van der Waals surface area contributed by atoms with Crippen LogP contribution in [-0.4, -0.2) is 30.1 Å². The minimum absolute atomic E-state index is 0.264. The highest BCUT2D eigenvalue weighted by Gasteiger charge is 2.23. The number of hydrogen-bond donors (Lipinski definition) is 1. The molecule has 24 heavy (non-hydrogen) atoms. The van der Waals surface area contributed by atoms with Gasteiger partial charge in [0.2, 0.25) is 5.88 Å². The number of amides is 1. The molecule has 6 nitrogen and oxygen atoms in total. The predicted molar refractivity (Wildman–Crippen MR) is 93.1 cm³/mol. The van der Waals surface area contributed by atoms with Crippen LogP contribution in [0.15, 0.2) is 18.3 Å². The van der Waals surface area contributed by atoms with Crippen LogP contribution in [0.3, 0.4) is 0 Å². The molecule has 0 fully saturated rings. The Kier molecular flexibility index (Phi) is 5.92. The SMILES string of the molecule is CCOC(=O)c1c(NC(=O)c2cccnc2OCC)sc(C)c1C. The van der Waals surface area contributed by atoms with Crippen molar-refractivity contribution in [3.63, 3.8) is 0 Å². The molecule has 7 heteroatoms. The van der Waals surface area contributed by atoms with Crippen molar-refractivity contribution >= 4 is 28.2 Å². The van der Waals surface area contributed by atoms with E-state index in [2.05, 4.69) is 10.3 Å². The number of aryl methyl sites for hydroxylation is 1. The fourth-order valence-corrected chi connectivity index (χ4v) is 3.19. The molecule has 2 aromatic rings. The molecule has 0 radical (unpaired) electrons. The first kappa shape index (κ1) is 17.9. The minimum Gasteiger partial charge on any atom is -0.477 e. The number of thiophene rings is 1. The number of carbonyl (C=O) groups is 2. The lowest BCUT2D eigenvalue weighted by Gasteiger charge is -2.10. The Labute approximate surface area is 144 Å². The van der Waals surface area contributed by atoms with E-state index in [4.69, 9.17) is 9.47 Å². The second kappa shape index (κ2) is 7.92. The van der Waals surface area contributed by atoms with Crippen LogP contribution in [0, 0.1) is 13.8 Å². The van der Waals surface area contributed by atoms with Crippen molar-refractivity contribution in [1.29, 1.82) is 0 Å². The highest BCUT2D eigenvalue weighted by Crippen LogP contribution is 2.33. The third kappa shape index (κ3) is 3.73. The number of nitrogens with one attached hydrogen (secondary N) is 1. The number of esters is 1. The van der Waals surface area contributed by atoms with Gasteiger partial charge in [-0.15, -0.1) is 11.3 Å². The van der Waals surface area contributed by atoms with Crippen LogP contribution < -0.4 is 10.1 Å². The van der Waals surface area contributed by atoms with Gasteiger partial charge < -0.3 is 14.8 Å². The van der Waals surface area contributed by atoms with Crippen LogP contribution in [0.4, 0.5) is 5.00 Å². The molecule has 0 aliphatic rings. The Hall–Kier alpha value is -2.41. The second-order valence-corrected chi connectivity index (χ2v) is 6.18. The molecule has 0 aromatic carbocycles. The zero-order valence-electron chi connectivity index (χ0n) is 14.1. The Bertz CT molecular complexity index is 755. The molecular weight excluding hydrogens is 328 g/mol. The monoisotopic (exact) mass is 348 g/mol. The van der Waals surface area contributed by atoms with E-state index in [1.165, 1.54) is 11.3 Å². The van der Waals surface area contributed by atoms with Gasteiger partial charge in [-0.25, -0.2) is 9.78 Å². The zero-order valence-corrected chi connectivity index (χ0v) is 15.0. The smallest absolute Gasteiger partial charge is 0.341 e. The second-order valence-electron chi connectivity index (χ2n) is 4.95. The lowest BCUT2D eigenvalue weighted by atomic mass is 10.1. The van der Waals surface area contributed by atoms with Gasteiger partial charge in [0, 0.05) is 11.1 Å². The Morgan fingerprint density at radius 1 is 1.25 bits per heavy atom. The van der Waals surface area contributed by atoms with Gasteiger partial charge in [0.05, 0.1) is 18.8 Å². The first-order valence-corrected chi connectivity index (χ1v) is 8.47. The largest absolute Gasteiger partial charge is 0.477 e. The molecule has 2 rings (SSSR count). The number of rotatable bonds is 6.